The summed E-state index contributed by atoms with van der Waals surface area (Å²) in [7, 11) is 0. The number of nitro groups is 1. The van der Waals surface area contributed by atoms with Gasteiger partial charge in [0.2, 0.25) is 23.6 Å². The van der Waals surface area contributed by atoms with Gasteiger partial charge in [0.1, 0.15) is 30.0 Å². The van der Waals surface area contributed by atoms with Crippen LogP contribution in [0.25, 0.3) is 0 Å². The monoisotopic (exact) mass is 729 g/mol. The summed E-state index contributed by atoms with van der Waals surface area (Å²) in [6.07, 6.45) is -0.988. The Labute approximate surface area is 298 Å². The average Bonchev–Trinajstić information content (AvgIpc) is 3.05. The lowest BCUT2D eigenvalue weighted by Crippen LogP contribution is -2.51. The third-order valence-corrected chi connectivity index (χ3v) is 6.62. The number of nitro benzene ring substituents is 1. The fourth-order valence-electron chi connectivity index (χ4n) is 4.31. The number of urea groups is 1. The minimum Gasteiger partial charge on any atom is -0.460 e. The second-order valence-electron chi connectivity index (χ2n) is 12.2. The first-order valence-corrected chi connectivity index (χ1v) is 16.0. The molecule has 0 spiro atoms. The predicted octanol–water partition coefficient (Wildman–Crippen LogP) is 1.93. The van der Waals surface area contributed by atoms with Gasteiger partial charge < -0.3 is 46.5 Å². The number of ether oxygens (including phenoxy) is 3. The number of benzene rings is 2. The molecular weight excluding hydrogens is 686 g/mol. The number of nitrogens with one attached hydrogen (secondary N) is 5. The van der Waals surface area contributed by atoms with E-state index in [1.807, 2.05) is 0 Å². The molecule has 7 N–H and O–H groups in total. The van der Waals surface area contributed by atoms with Crippen molar-refractivity contribution < 1.29 is 52.7 Å². The van der Waals surface area contributed by atoms with Crippen LogP contribution in [0.5, 0.6) is 5.75 Å². The number of nitrogens with two attached hydrogens (primary N) is 1. The van der Waals surface area contributed by atoms with Crippen molar-refractivity contribution in [2.75, 3.05) is 18.4 Å². The highest BCUT2D eigenvalue weighted by atomic mass is 16.7. The first-order chi connectivity index (χ1) is 24.4. The van der Waals surface area contributed by atoms with Crippen LogP contribution in [0.15, 0.2) is 48.5 Å². The SMILES string of the molecule is CC(=O)N[C@@H](CCC(=O)OC(C)(C)C)C(=O)NCC(=O)N[C@@H](CCCNC(N)=O)C(=O)Nc1ccc(COC(=O)Oc2ccc([N+](=O)[O-])cc2)cc1. The van der Waals surface area contributed by atoms with Gasteiger partial charge in [-0.2, -0.15) is 0 Å². The van der Waals surface area contributed by atoms with Gasteiger partial charge in [-0.1, -0.05) is 12.1 Å². The average molecular weight is 730 g/mol. The number of anilines is 1. The van der Waals surface area contributed by atoms with Gasteiger partial charge in [0.15, 0.2) is 0 Å². The number of primary amides is 1. The molecule has 0 saturated carbocycles. The van der Waals surface area contributed by atoms with Gasteiger partial charge in [-0.15, -0.1) is 0 Å². The standard InChI is InChI=1S/C33H43N7O12/c1-20(41)37-26(15-16-28(43)52-33(2,3)4)29(44)36-18-27(42)39-25(6-5-17-35-31(34)46)30(45)38-22-9-7-21(8-10-22)19-50-32(47)51-24-13-11-23(12-14-24)40(48)49/h7-14,25-26H,5-6,15-19H2,1-4H3,(H,36,44)(H,37,41)(H,38,45)(H,39,42)(H3,34,35,46)/t25-,26-/m0/s1. The van der Waals surface area contributed by atoms with Crippen molar-refractivity contribution in [2.24, 2.45) is 5.73 Å². The predicted molar refractivity (Wildman–Crippen MR) is 183 cm³/mol. The number of carbonyl (C=O) groups is 7. The number of hydrogen-bond acceptors (Lipinski definition) is 12. The molecule has 0 aromatic heterocycles. The Bertz CT molecular complexity index is 1590. The number of carbonyl (C=O) groups excluding carboxylic acids is 7. The van der Waals surface area contributed by atoms with Gasteiger partial charge in [0.25, 0.3) is 5.69 Å². The number of amides is 6. The maximum atomic E-state index is 13.2. The summed E-state index contributed by atoms with van der Waals surface area (Å²) in [6, 6.07) is 7.98. The van der Waals surface area contributed by atoms with Gasteiger partial charge in [0, 0.05) is 37.7 Å². The molecule has 0 unspecified atom stereocenters. The van der Waals surface area contributed by atoms with Gasteiger partial charge >= 0.3 is 18.2 Å². The Kier molecular flexibility index (Phi) is 16.4. The lowest BCUT2D eigenvalue weighted by Gasteiger charge is -2.22. The maximum Gasteiger partial charge on any atom is 0.514 e. The van der Waals surface area contributed by atoms with Crippen LogP contribution in [0, 0.1) is 10.1 Å². The van der Waals surface area contributed by atoms with E-state index in [2.05, 4.69) is 26.6 Å². The molecule has 2 rings (SSSR count). The first kappa shape index (κ1) is 41.9. The fraction of sp³-hybridized carbons (Fsp3) is 0.424. The zero-order valence-corrected chi connectivity index (χ0v) is 29.1. The molecule has 2 aromatic rings. The molecule has 282 valence electrons. The van der Waals surface area contributed by atoms with E-state index in [-0.39, 0.29) is 50.3 Å². The van der Waals surface area contributed by atoms with E-state index < -0.39 is 70.9 Å². The van der Waals surface area contributed by atoms with Crippen LogP contribution >= 0.6 is 0 Å². The highest BCUT2D eigenvalue weighted by molar-refractivity contribution is 5.98. The summed E-state index contributed by atoms with van der Waals surface area (Å²) in [6.45, 7) is 5.62. The van der Waals surface area contributed by atoms with Crippen LogP contribution in [-0.2, 0) is 40.1 Å². The summed E-state index contributed by atoms with van der Waals surface area (Å²) >= 11 is 0. The van der Waals surface area contributed by atoms with Crippen LogP contribution in [0.1, 0.15) is 58.9 Å². The van der Waals surface area contributed by atoms with Gasteiger partial charge in [0.05, 0.1) is 11.5 Å². The molecule has 19 nitrogen and oxygen atoms in total. The third-order valence-electron chi connectivity index (χ3n) is 6.62. The van der Waals surface area contributed by atoms with Crippen molar-refractivity contribution in [2.45, 2.75) is 77.7 Å². The smallest absolute Gasteiger partial charge is 0.460 e. The fourth-order valence-corrected chi connectivity index (χ4v) is 4.31. The van der Waals surface area contributed by atoms with Gasteiger partial charge in [-0.3, -0.25) is 34.1 Å². The number of rotatable bonds is 18. The first-order valence-electron chi connectivity index (χ1n) is 16.0. The van der Waals surface area contributed by atoms with Gasteiger partial charge in [-0.25, -0.2) is 9.59 Å². The summed E-state index contributed by atoms with van der Waals surface area (Å²) in [5, 5.41) is 23.2. The highest BCUT2D eigenvalue weighted by Crippen LogP contribution is 2.18. The van der Waals surface area contributed by atoms with Gasteiger partial charge in [-0.05, 0) is 69.9 Å². The lowest BCUT2D eigenvalue weighted by molar-refractivity contribution is -0.384. The lowest BCUT2D eigenvalue weighted by atomic mass is 10.1. The summed E-state index contributed by atoms with van der Waals surface area (Å²) < 4.78 is 15.3. The van der Waals surface area contributed by atoms with Crippen LogP contribution in [0.2, 0.25) is 0 Å². The summed E-state index contributed by atoms with van der Waals surface area (Å²) in [4.78, 5) is 95.8. The van der Waals surface area contributed by atoms with Crippen molar-refractivity contribution in [3.8, 4) is 5.75 Å². The molecule has 0 aliphatic heterocycles. The van der Waals surface area contributed by atoms with Crippen LogP contribution in [-0.4, -0.2) is 77.5 Å². The normalized spacial score (nSPS) is 11.8. The molecule has 0 bridgehead atoms. The Morgan fingerprint density at radius 2 is 1.50 bits per heavy atom. The quantitative estimate of drug-likeness (QED) is 0.0422. The molecule has 0 aliphatic carbocycles. The zero-order chi connectivity index (χ0) is 38.8. The summed E-state index contributed by atoms with van der Waals surface area (Å²) in [5.41, 5.74) is 5.04. The second-order valence-corrected chi connectivity index (χ2v) is 12.2. The molecule has 0 heterocycles. The van der Waals surface area contributed by atoms with E-state index >= 15 is 0 Å². The molecule has 2 atom stereocenters. The summed E-state index contributed by atoms with van der Waals surface area (Å²) in [5.74, 6) is -3.15. The zero-order valence-electron chi connectivity index (χ0n) is 29.1. The molecule has 0 aliphatic rings. The molecule has 2 aromatic carbocycles. The molecule has 19 heteroatoms. The number of esters is 1. The van der Waals surface area contributed by atoms with E-state index in [1.54, 1.807) is 32.9 Å². The van der Waals surface area contributed by atoms with E-state index in [0.717, 1.165) is 0 Å². The van der Waals surface area contributed by atoms with E-state index in [0.29, 0.717) is 11.3 Å². The van der Waals surface area contributed by atoms with E-state index in [4.69, 9.17) is 19.9 Å². The molecule has 0 radical (unpaired) electrons. The van der Waals surface area contributed by atoms with Crippen molar-refractivity contribution in [3.05, 3.63) is 64.2 Å². The second kappa shape index (κ2) is 20.4. The minimum atomic E-state index is -1.13. The van der Waals surface area contributed by atoms with Crippen LogP contribution in [0.4, 0.5) is 21.0 Å². The topological polar surface area (TPSA) is 276 Å². The maximum absolute atomic E-state index is 13.2. The molecule has 0 saturated heterocycles. The molecular formula is C33H43N7O12. The molecule has 6 amide bonds. The number of hydrogen-bond donors (Lipinski definition) is 6. The van der Waals surface area contributed by atoms with Crippen molar-refractivity contribution in [1.82, 2.24) is 21.3 Å². The largest absolute Gasteiger partial charge is 0.514 e. The molecule has 52 heavy (non-hydrogen) atoms. The Hall–Kier alpha value is -6.27. The molecule has 0 fully saturated rings. The van der Waals surface area contributed by atoms with Crippen molar-refractivity contribution in [3.63, 3.8) is 0 Å². The Morgan fingerprint density at radius 1 is 0.865 bits per heavy atom. The van der Waals surface area contributed by atoms with Crippen LogP contribution in [0.3, 0.4) is 0 Å². The Balaban J connectivity index is 1.96. The van der Waals surface area contributed by atoms with Crippen LogP contribution < -0.4 is 37.1 Å². The number of non-ortho nitro benzene ring substituents is 1. The third kappa shape index (κ3) is 16.9. The minimum absolute atomic E-state index is 0.0487. The van der Waals surface area contributed by atoms with Crippen molar-refractivity contribution >= 4 is 53.2 Å². The number of nitrogens with zero attached hydrogens (tertiary/aromatic N) is 1. The van der Waals surface area contributed by atoms with E-state index in [1.165, 1.54) is 43.3 Å². The Morgan fingerprint density at radius 3 is 2.08 bits per heavy atom. The highest BCUT2D eigenvalue weighted by Gasteiger charge is 2.25. The van der Waals surface area contributed by atoms with Crippen molar-refractivity contribution in [1.29, 1.82) is 0 Å². The van der Waals surface area contributed by atoms with E-state index in [9.17, 15) is 43.7 Å².